The fraction of sp³-hybridized carbons (Fsp3) is 0.360. The molecule has 0 fully saturated rings. The molecule has 9 aromatic rings. The molecule has 2 atom stereocenters. The number of hydrogen-bond donors (Lipinski definition) is 4. The number of aliphatic hydroxyl groups excluding tert-OH is 1. The van der Waals surface area contributed by atoms with Gasteiger partial charge in [-0.3, -0.25) is 15.0 Å². The van der Waals surface area contributed by atoms with Crippen LogP contribution in [0.4, 0.5) is 17.1 Å². The second-order valence-corrected chi connectivity index (χ2v) is 28.0. The van der Waals surface area contributed by atoms with Crippen molar-refractivity contribution in [2.24, 2.45) is 7.05 Å². The van der Waals surface area contributed by atoms with Crippen molar-refractivity contribution in [3.63, 3.8) is 0 Å². The number of allylic oxidation sites excluding steroid dienone is 4. The van der Waals surface area contributed by atoms with Crippen molar-refractivity contribution in [1.29, 1.82) is 0 Å². The Morgan fingerprint density at radius 2 is 0.681 bits per heavy atom. The molecule has 18 nitrogen and oxygen atoms in total. The van der Waals surface area contributed by atoms with Crippen LogP contribution in [-0.2, 0) is 30.8 Å². The maximum atomic E-state index is 13.5. The van der Waals surface area contributed by atoms with Crippen LogP contribution in [0.5, 0.6) is 11.5 Å². The third-order valence-electron chi connectivity index (χ3n) is 15.1. The van der Waals surface area contributed by atoms with Gasteiger partial charge in [0.05, 0.1) is 6.10 Å². The van der Waals surface area contributed by atoms with Gasteiger partial charge in [0.2, 0.25) is 0 Å². The Morgan fingerprint density at radius 3 is 0.849 bits per heavy atom. The van der Waals surface area contributed by atoms with Gasteiger partial charge in [-0.05, 0) is 213 Å². The molecule has 3 aliphatic heterocycles. The molecule has 19 heteroatoms. The molecule has 0 saturated heterocycles. The lowest BCUT2D eigenvalue weighted by molar-refractivity contribution is -0.671. The summed E-state index contributed by atoms with van der Waals surface area (Å²) in [5.74, 6) is 1.22. The number of para-hydroxylation sites is 5. The summed E-state index contributed by atoms with van der Waals surface area (Å²) in [7, 11) is 4.90. The average Bonchev–Trinajstić information content (AvgIpc) is 0.818. The molecule has 652 valence electrons. The standard InChI is InChI=1S/C20H20NO3P.2C10H13N.3C6H11N.C6H8N.3C5H5N.C4H10O.3C4H8O.C2H4O.C2H6.CH4/c1-17(21-18-11-5-2-6-12-18)25(22,23-19-13-7-3-8-14-19)24-20-15-9-4-10-16-20;2*1-3-9(2)11-10-7-5-4-6-8-10;4*1-7-5-3-2-4-6-7;3*1-2-4-6-5-3-1;4*1-3-4(2)5;1-2-3;1-2;/h2-17,21H,1H3;2*3-8,11H,1-2H3;3*2-3H,4-6H2,1H3;2-6H,1H3;3*1-5H;4-5H,3H2,1-2H3;3*3H2,1-2H3;2H,1H3;1-2H3;1H4/q;;;;;;+1;;;;;;;;;;/b;2*9-3-;;;;;;;;;;;;;;. The number of nitrogens with zero attached hydrogens (tertiary/aromatic N) is 7. The largest absolute Gasteiger partial charge is 0.452 e. The van der Waals surface area contributed by atoms with Crippen molar-refractivity contribution in [3.05, 3.63) is 334 Å². The van der Waals surface area contributed by atoms with Crippen LogP contribution in [0.3, 0.4) is 0 Å². The molecule has 0 amide bonds. The predicted molar refractivity (Wildman–Crippen MR) is 509 cm³/mol. The highest BCUT2D eigenvalue weighted by molar-refractivity contribution is 7.55. The monoisotopic (exact) mass is 1650 g/mol. The van der Waals surface area contributed by atoms with E-state index in [4.69, 9.17) is 18.9 Å². The normalized spacial score (nSPS) is 12.2. The Kier molecular flexibility index (Phi) is 84.8. The van der Waals surface area contributed by atoms with Crippen molar-refractivity contribution in [2.75, 3.05) is 76.4 Å². The Bertz CT molecular complexity index is 3530. The van der Waals surface area contributed by atoms with Crippen molar-refractivity contribution < 1.29 is 42.5 Å². The number of rotatable bonds is 15. The number of carbonyl (C=O) groups excluding carboxylic acids is 4. The predicted octanol–water partition coefficient (Wildman–Crippen LogP) is 23.8. The number of aliphatic hydroxyl groups is 1. The van der Waals surface area contributed by atoms with E-state index >= 15 is 0 Å². The molecule has 7 heterocycles. The zero-order valence-corrected chi connectivity index (χ0v) is 75.8. The Morgan fingerprint density at radius 1 is 0.445 bits per heavy atom. The van der Waals surface area contributed by atoms with Crippen LogP contribution in [0.1, 0.15) is 163 Å². The highest BCUT2D eigenvalue weighted by Crippen LogP contribution is 2.52. The molecule has 0 radical (unpaired) electrons. The number of likely N-dealkylation sites (N-methyl/N-ethyl adjacent to an activating group) is 3. The Hall–Kier alpha value is -10.9. The first-order valence-corrected chi connectivity index (χ1v) is 42.3. The summed E-state index contributed by atoms with van der Waals surface area (Å²) in [6, 6.07) is 71.1. The third-order valence-corrected chi connectivity index (χ3v) is 17.1. The van der Waals surface area contributed by atoms with Gasteiger partial charge < -0.3 is 64.0 Å². The summed E-state index contributed by atoms with van der Waals surface area (Å²) in [6.07, 6.45) is 39.1. The van der Waals surface area contributed by atoms with Gasteiger partial charge in [-0.2, -0.15) is 0 Å². The van der Waals surface area contributed by atoms with Crippen molar-refractivity contribution in [1.82, 2.24) is 29.7 Å². The zero-order chi connectivity index (χ0) is 88.8. The van der Waals surface area contributed by atoms with Crippen LogP contribution in [0.2, 0.25) is 0 Å². The van der Waals surface area contributed by atoms with E-state index in [1.165, 1.54) is 57.2 Å². The quantitative estimate of drug-likeness (QED) is 0.0325. The number of carbonyl (C=O) groups is 4. The highest BCUT2D eigenvalue weighted by atomic mass is 31.2. The minimum absolute atomic E-state index is 0. The highest BCUT2D eigenvalue weighted by Gasteiger charge is 2.36. The Labute approximate surface area is 720 Å². The molecule has 4 aromatic heterocycles. The van der Waals surface area contributed by atoms with Gasteiger partial charge in [0.25, 0.3) is 0 Å². The van der Waals surface area contributed by atoms with Crippen LogP contribution in [0.15, 0.2) is 334 Å². The summed E-state index contributed by atoms with van der Waals surface area (Å²) in [5.41, 5.74) is 5.49. The maximum Gasteiger partial charge on any atom is 0.452 e. The van der Waals surface area contributed by atoms with Gasteiger partial charge in [0, 0.05) is 136 Å². The summed E-state index contributed by atoms with van der Waals surface area (Å²) < 4.78 is 27.2. The number of aldehydes is 1. The van der Waals surface area contributed by atoms with Gasteiger partial charge in [-0.25, -0.2) is 9.13 Å². The smallest absolute Gasteiger partial charge is 0.415 e. The molecule has 0 bridgehead atoms. The van der Waals surface area contributed by atoms with Gasteiger partial charge in [0.15, 0.2) is 12.4 Å². The fourth-order valence-electron chi connectivity index (χ4n) is 7.63. The fourth-order valence-corrected chi connectivity index (χ4v) is 9.12. The van der Waals surface area contributed by atoms with E-state index in [2.05, 4.69) is 103 Å². The molecule has 4 N–H and O–H groups in total. The lowest BCUT2D eigenvalue weighted by atomic mass is 10.3. The second kappa shape index (κ2) is 86.5. The van der Waals surface area contributed by atoms with Gasteiger partial charge in [-0.1, -0.05) is 213 Å². The molecule has 2 unspecified atom stereocenters. The number of nitrogens with one attached hydrogen (secondary N) is 3. The van der Waals surface area contributed by atoms with E-state index in [9.17, 15) is 18.9 Å². The summed E-state index contributed by atoms with van der Waals surface area (Å²) in [5, 5.41) is 18.1. The minimum atomic E-state index is -3.53. The molecule has 12 rings (SSSR count). The molecule has 5 aromatic carbocycles. The van der Waals surface area contributed by atoms with Crippen LogP contribution < -0.4 is 29.6 Å². The number of anilines is 3. The first-order chi connectivity index (χ1) is 56.9. The summed E-state index contributed by atoms with van der Waals surface area (Å²) >= 11 is 0. The van der Waals surface area contributed by atoms with E-state index in [1.807, 2.05) is 306 Å². The van der Waals surface area contributed by atoms with E-state index in [1.54, 1.807) is 96.1 Å². The number of pyridine rings is 4. The summed E-state index contributed by atoms with van der Waals surface area (Å²) in [6.45, 7) is 36.5. The van der Waals surface area contributed by atoms with Crippen LogP contribution in [0, 0.1) is 0 Å². The van der Waals surface area contributed by atoms with E-state index in [0.29, 0.717) is 30.8 Å². The first kappa shape index (κ1) is 117. The molecular formula is C100H150N10O8P+. The van der Waals surface area contributed by atoms with Gasteiger partial charge in [0.1, 0.15) is 48.0 Å². The van der Waals surface area contributed by atoms with Gasteiger partial charge in [-0.15, -0.1) is 0 Å². The molecule has 0 aliphatic carbocycles. The van der Waals surface area contributed by atoms with E-state index < -0.39 is 13.4 Å². The van der Waals surface area contributed by atoms with Crippen LogP contribution in [0.25, 0.3) is 0 Å². The average molecular weight is 1650 g/mol. The molecule has 3 aliphatic rings. The number of aromatic nitrogens is 4. The van der Waals surface area contributed by atoms with Crippen LogP contribution >= 0.6 is 7.60 Å². The first-order valence-electron chi connectivity index (χ1n) is 40.7. The lowest BCUT2D eigenvalue weighted by Gasteiger charge is -2.26. The number of hydrogen-bond acceptors (Lipinski definition) is 17. The number of benzene rings is 5. The van der Waals surface area contributed by atoms with E-state index in [0.717, 1.165) is 49.4 Å². The summed E-state index contributed by atoms with van der Waals surface area (Å²) in [4.78, 5) is 56.5. The molecular weight excluding hydrogens is 1500 g/mol. The second-order valence-electron chi connectivity index (χ2n) is 25.8. The molecule has 0 saturated carbocycles. The SMILES string of the molecule is C.C/C=C(/C)Nc1ccccc1.C/C=C(/C)Nc1ccccc1.CC.CC(Nc1ccccc1)P(=O)(Oc1ccccc1)Oc1ccccc1.CC=O.CCC(C)=O.CCC(C)=O.CCC(C)=O.CCC(C)O.CN1CC=CCC1.CN1CC=CCC1.CN1CC=CCC1.C[n+]1ccccc1.c1ccncc1.c1ccncc1.c1ccncc1. The minimum Gasteiger partial charge on any atom is -0.415 e. The number of aryl methyl sites for hydroxylation is 1. The Balaban J connectivity index is -0.000000405. The topological polar surface area (TPSA) is 212 Å². The maximum absolute atomic E-state index is 13.5. The van der Waals surface area contributed by atoms with Crippen molar-refractivity contribution in [2.45, 2.75) is 175 Å². The van der Waals surface area contributed by atoms with Gasteiger partial charge >= 0.3 is 7.60 Å². The van der Waals surface area contributed by atoms with E-state index in [-0.39, 0.29) is 30.9 Å². The number of ketones is 3. The zero-order valence-electron chi connectivity index (χ0n) is 74.9. The van der Waals surface area contributed by atoms with Crippen LogP contribution in [-0.4, -0.2) is 131 Å². The van der Waals surface area contributed by atoms with Crippen molar-refractivity contribution in [3.8, 4) is 11.5 Å². The number of Topliss-reactive ketones (excluding diaryl/α,β-unsaturated/α-hetero) is 3. The van der Waals surface area contributed by atoms with Crippen molar-refractivity contribution >= 4 is 48.3 Å². The third kappa shape index (κ3) is 83.4. The molecule has 0 spiro atoms. The molecule has 119 heavy (non-hydrogen) atoms. The lowest BCUT2D eigenvalue weighted by Crippen LogP contribution is -2.25.